The Hall–Kier alpha value is -2.13. The van der Waals surface area contributed by atoms with Gasteiger partial charge in [0.2, 0.25) is 0 Å². The van der Waals surface area contributed by atoms with Crippen molar-refractivity contribution in [1.29, 1.82) is 0 Å². The second kappa shape index (κ2) is 5.70. The summed E-state index contributed by atoms with van der Waals surface area (Å²) >= 11 is 5.99. The molecule has 2 aromatic heterocycles. The molecule has 0 aliphatic rings. The molecule has 1 aromatic carbocycles. The average molecular weight is 299 g/mol. The molecule has 4 heteroatoms. The van der Waals surface area contributed by atoms with E-state index in [0.717, 1.165) is 29.6 Å². The minimum Gasteiger partial charge on any atom is -0.296 e. The van der Waals surface area contributed by atoms with Crippen molar-refractivity contribution < 1.29 is 4.79 Å². The summed E-state index contributed by atoms with van der Waals surface area (Å²) in [5.74, 6) is 0. The number of aromatic nitrogens is 2. The zero-order chi connectivity index (χ0) is 14.8. The highest BCUT2D eigenvalue weighted by molar-refractivity contribution is 6.30. The molecule has 0 amide bonds. The van der Waals surface area contributed by atoms with Gasteiger partial charge in [-0.1, -0.05) is 42.8 Å². The van der Waals surface area contributed by atoms with Gasteiger partial charge in [0.25, 0.3) is 0 Å². The van der Waals surface area contributed by atoms with Gasteiger partial charge < -0.3 is 0 Å². The van der Waals surface area contributed by atoms with Crippen LogP contribution in [-0.2, 0) is 12.8 Å². The summed E-state index contributed by atoms with van der Waals surface area (Å²) in [6, 6.07) is 12.0. The predicted octanol–water partition coefficient (Wildman–Crippen LogP) is 3.95. The standard InChI is InChI=1S/C17H15ClN2O/c1-2-12-3-5-13(6-4-12)9-15-16(11-21)20-10-14(18)7-8-17(20)19-15/h3-8,10-11H,2,9H2,1H3. The maximum absolute atomic E-state index is 11.4. The topological polar surface area (TPSA) is 34.4 Å². The minimum atomic E-state index is 0.562. The van der Waals surface area contributed by atoms with E-state index >= 15 is 0 Å². The fourth-order valence-corrected chi connectivity index (χ4v) is 2.59. The lowest BCUT2D eigenvalue weighted by Crippen LogP contribution is -1.96. The van der Waals surface area contributed by atoms with Gasteiger partial charge in [-0.15, -0.1) is 0 Å². The van der Waals surface area contributed by atoms with E-state index in [2.05, 4.69) is 36.2 Å². The molecule has 0 bridgehead atoms. The molecule has 21 heavy (non-hydrogen) atoms. The molecular formula is C17H15ClN2O. The summed E-state index contributed by atoms with van der Waals surface area (Å²) < 4.78 is 1.74. The second-order valence-corrected chi connectivity index (χ2v) is 5.42. The molecule has 0 saturated heterocycles. The number of hydrogen-bond donors (Lipinski definition) is 0. The van der Waals surface area contributed by atoms with E-state index < -0.39 is 0 Å². The first kappa shape index (κ1) is 13.8. The molecule has 3 nitrogen and oxygen atoms in total. The fraction of sp³-hybridized carbons (Fsp3) is 0.176. The first-order valence-electron chi connectivity index (χ1n) is 6.90. The third-order valence-corrected chi connectivity index (χ3v) is 3.83. The lowest BCUT2D eigenvalue weighted by Gasteiger charge is -2.02. The smallest absolute Gasteiger partial charge is 0.168 e. The molecule has 0 aliphatic carbocycles. The first-order valence-corrected chi connectivity index (χ1v) is 7.28. The normalized spacial score (nSPS) is 11.0. The van der Waals surface area contributed by atoms with Gasteiger partial charge >= 0.3 is 0 Å². The van der Waals surface area contributed by atoms with Gasteiger partial charge in [0.15, 0.2) is 6.29 Å². The monoisotopic (exact) mass is 298 g/mol. The molecule has 3 aromatic rings. The van der Waals surface area contributed by atoms with Crippen molar-refractivity contribution >= 4 is 23.5 Å². The Balaban J connectivity index is 2.01. The average Bonchev–Trinajstić information content (AvgIpc) is 2.84. The van der Waals surface area contributed by atoms with Crippen LogP contribution >= 0.6 is 11.6 Å². The van der Waals surface area contributed by atoms with Crippen molar-refractivity contribution in [1.82, 2.24) is 9.38 Å². The summed E-state index contributed by atoms with van der Waals surface area (Å²) in [6.45, 7) is 2.13. The number of hydrogen-bond acceptors (Lipinski definition) is 2. The third kappa shape index (κ3) is 2.69. The number of aryl methyl sites for hydroxylation is 1. The highest BCUT2D eigenvalue weighted by Crippen LogP contribution is 2.18. The summed E-state index contributed by atoms with van der Waals surface area (Å²) in [5, 5.41) is 0.585. The number of carbonyl (C=O) groups is 1. The van der Waals surface area contributed by atoms with Gasteiger partial charge in [0.05, 0.1) is 10.7 Å². The van der Waals surface area contributed by atoms with E-state index in [0.29, 0.717) is 17.1 Å². The van der Waals surface area contributed by atoms with E-state index in [1.165, 1.54) is 5.56 Å². The van der Waals surface area contributed by atoms with Crippen LogP contribution in [-0.4, -0.2) is 15.7 Å². The van der Waals surface area contributed by atoms with Crippen molar-refractivity contribution in [2.45, 2.75) is 19.8 Å². The maximum atomic E-state index is 11.4. The number of imidazole rings is 1. The number of fused-ring (bicyclic) bond motifs is 1. The Kier molecular flexibility index (Phi) is 3.76. The Labute approximate surface area is 128 Å². The van der Waals surface area contributed by atoms with Gasteiger partial charge in [-0.05, 0) is 29.7 Å². The van der Waals surface area contributed by atoms with Crippen molar-refractivity contribution in [2.24, 2.45) is 0 Å². The Morgan fingerprint density at radius 2 is 1.86 bits per heavy atom. The Morgan fingerprint density at radius 1 is 1.14 bits per heavy atom. The van der Waals surface area contributed by atoms with Crippen molar-refractivity contribution in [3.05, 3.63) is 70.1 Å². The number of rotatable bonds is 4. The number of halogens is 1. The van der Waals surface area contributed by atoms with Crippen LogP contribution in [0.5, 0.6) is 0 Å². The number of aldehydes is 1. The number of carbonyl (C=O) groups excluding carboxylic acids is 1. The van der Waals surface area contributed by atoms with Gasteiger partial charge in [-0.2, -0.15) is 0 Å². The van der Waals surface area contributed by atoms with E-state index in [-0.39, 0.29) is 0 Å². The van der Waals surface area contributed by atoms with Gasteiger partial charge in [0, 0.05) is 12.6 Å². The highest BCUT2D eigenvalue weighted by atomic mass is 35.5. The second-order valence-electron chi connectivity index (χ2n) is 4.98. The van der Waals surface area contributed by atoms with E-state index in [9.17, 15) is 4.79 Å². The molecule has 0 fully saturated rings. The predicted molar refractivity (Wildman–Crippen MR) is 84.2 cm³/mol. The quantitative estimate of drug-likeness (QED) is 0.683. The Morgan fingerprint density at radius 3 is 2.52 bits per heavy atom. The SMILES string of the molecule is CCc1ccc(Cc2nc3ccc(Cl)cn3c2C=O)cc1. The number of nitrogens with zero attached hydrogens (tertiary/aromatic N) is 2. The lowest BCUT2D eigenvalue weighted by molar-refractivity contribution is 0.111. The highest BCUT2D eigenvalue weighted by Gasteiger charge is 2.12. The lowest BCUT2D eigenvalue weighted by atomic mass is 10.1. The molecule has 106 valence electrons. The molecule has 3 rings (SSSR count). The molecule has 0 unspecified atom stereocenters. The zero-order valence-corrected chi connectivity index (χ0v) is 12.5. The van der Waals surface area contributed by atoms with Crippen LogP contribution in [0.15, 0.2) is 42.6 Å². The molecule has 0 N–H and O–H groups in total. The Bertz CT molecular complexity index is 790. The fourth-order valence-electron chi connectivity index (χ4n) is 2.43. The summed E-state index contributed by atoms with van der Waals surface area (Å²) in [4.78, 5) is 15.9. The van der Waals surface area contributed by atoms with Crippen LogP contribution in [0.3, 0.4) is 0 Å². The van der Waals surface area contributed by atoms with Crippen molar-refractivity contribution in [2.75, 3.05) is 0 Å². The van der Waals surface area contributed by atoms with Crippen LogP contribution in [0.4, 0.5) is 0 Å². The molecule has 0 radical (unpaired) electrons. The number of pyridine rings is 1. The van der Waals surface area contributed by atoms with Crippen LogP contribution in [0.2, 0.25) is 5.02 Å². The summed E-state index contributed by atoms with van der Waals surface area (Å²) in [5.41, 5.74) is 4.52. The largest absolute Gasteiger partial charge is 0.296 e. The molecule has 0 spiro atoms. The van der Waals surface area contributed by atoms with E-state index in [4.69, 9.17) is 11.6 Å². The minimum absolute atomic E-state index is 0.562. The van der Waals surface area contributed by atoms with Gasteiger partial charge in [-0.25, -0.2) is 4.98 Å². The molecule has 0 saturated carbocycles. The van der Waals surface area contributed by atoms with Gasteiger partial charge in [0.1, 0.15) is 11.3 Å². The van der Waals surface area contributed by atoms with Gasteiger partial charge in [-0.3, -0.25) is 9.20 Å². The van der Waals surface area contributed by atoms with Crippen molar-refractivity contribution in [3.63, 3.8) is 0 Å². The number of benzene rings is 1. The summed E-state index contributed by atoms with van der Waals surface area (Å²) in [7, 11) is 0. The van der Waals surface area contributed by atoms with E-state index in [1.807, 2.05) is 6.07 Å². The van der Waals surface area contributed by atoms with Crippen LogP contribution < -0.4 is 0 Å². The van der Waals surface area contributed by atoms with Crippen LogP contribution in [0, 0.1) is 0 Å². The molecule has 2 heterocycles. The van der Waals surface area contributed by atoms with E-state index in [1.54, 1.807) is 16.7 Å². The summed E-state index contributed by atoms with van der Waals surface area (Å²) in [6.07, 6.45) is 4.22. The third-order valence-electron chi connectivity index (χ3n) is 3.61. The van der Waals surface area contributed by atoms with Crippen LogP contribution in [0.1, 0.15) is 34.2 Å². The first-order chi connectivity index (χ1) is 10.2. The van der Waals surface area contributed by atoms with Crippen molar-refractivity contribution in [3.8, 4) is 0 Å². The maximum Gasteiger partial charge on any atom is 0.168 e. The molecular weight excluding hydrogens is 284 g/mol. The molecule has 0 atom stereocenters. The van der Waals surface area contributed by atoms with Crippen LogP contribution in [0.25, 0.3) is 5.65 Å². The molecule has 0 aliphatic heterocycles. The zero-order valence-electron chi connectivity index (χ0n) is 11.7.